The number of carbonyl (C=O) groups excluding carboxylic acids is 1. The van der Waals surface area contributed by atoms with Crippen molar-refractivity contribution in [3.63, 3.8) is 0 Å². The summed E-state index contributed by atoms with van der Waals surface area (Å²) < 4.78 is 1.76. The van der Waals surface area contributed by atoms with Crippen LogP contribution in [0, 0.1) is 16.0 Å². The maximum atomic E-state index is 13.2. The Bertz CT molecular complexity index is 1100. The summed E-state index contributed by atoms with van der Waals surface area (Å²) in [5.41, 5.74) is 3.14. The molecule has 0 spiro atoms. The van der Waals surface area contributed by atoms with Crippen molar-refractivity contribution in [2.75, 3.05) is 32.7 Å². The van der Waals surface area contributed by atoms with E-state index in [0.29, 0.717) is 11.6 Å². The highest BCUT2D eigenvalue weighted by Crippen LogP contribution is 2.27. The third-order valence-corrected chi connectivity index (χ3v) is 5.85. The second-order valence-electron chi connectivity index (χ2n) is 8.84. The summed E-state index contributed by atoms with van der Waals surface area (Å²) in [5, 5.41) is 15.8. The lowest BCUT2D eigenvalue weighted by Gasteiger charge is -2.35. The van der Waals surface area contributed by atoms with Gasteiger partial charge in [-0.3, -0.25) is 19.8 Å². The summed E-state index contributed by atoms with van der Waals surface area (Å²) in [6.45, 7) is 8.71. The zero-order valence-electron chi connectivity index (χ0n) is 19.1. The highest BCUT2D eigenvalue weighted by atomic mass is 16.6. The molecule has 0 N–H and O–H groups in total. The lowest BCUT2D eigenvalue weighted by molar-refractivity contribution is -0.384. The first kappa shape index (κ1) is 22.7. The summed E-state index contributed by atoms with van der Waals surface area (Å²) >= 11 is 0. The van der Waals surface area contributed by atoms with Gasteiger partial charge in [0, 0.05) is 62.2 Å². The summed E-state index contributed by atoms with van der Waals surface area (Å²) in [4.78, 5) is 28.1. The van der Waals surface area contributed by atoms with Gasteiger partial charge in [0.2, 0.25) is 5.91 Å². The number of hydrogen-bond acceptors (Lipinski definition) is 5. The van der Waals surface area contributed by atoms with Crippen LogP contribution in [0.15, 0.2) is 60.8 Å². The van der Waals surface area contributed by atoms with E-state index in [2.05, 4.69) is 18.7 Å². The van der Waals surface area contributed by atoms with Gasteiger partial charge in [-0.25, -0.2) is 4.68 Å². The summed E-state index contributed by atoms with van der Waals surface area (Å²) in [6, 6.07) is 16.0. The Kier molecular flexibility index (Phi) is 6.84. The molecule has 2 heterocycles. The molecule has 0 aliphatic carbocycles. The van der Waals surface area contributed by atoms with Crippen LogP contribution < -0.4 is 0 Å². The van der Waals surface area contributed by atoms with Gasteiger partial charge in [0.25, 0.3) is 5.69 Å². The van der Waals surface area contributed by atoms with Gasteiger partial charge >= 0.3 is 0 Å². The normalized spacial score (nSPS) is 14.6. The molecule has 4 rings (SSSR count). The van der Waals surface area contributed by atoms with Crippen LogP contribution in [0.4, 0.5) is 5.69 Å². The molecule has 1 amide bonds. The largest absolute Gasteiger partial charge is 0.340 e. The van der Waals surface area contributed by atoms with Gasteiger partial charge < -0.3 is 4.90 Å². The first-order chi connectivity index (χ1) is 15.9. The predicted octanol–water partition coefficient (Wildman–Crippen LogP) is 3.79. The molecule has 0 unspecified atom stereocenters. The number of piperazine rings is 1. The van der Waals surface area contributed by atoms with Crippen molar-refractivity contribution < 1.29 is 9.72 Å². The standard InChI is InChI=1S/C25H29N5O3/c1-19(2)17-27-12-14-28(15-13-27)24(31)16-21-18-29(22-6-4-3-5-7-22)26-25(21)20-8-10-23(11-9-20)30(32)33/h3-11,18-19H,12-17H2,1-2H3. The fourth-order valence-electron chi connectivity index (χ4n) is 4.21. The zero-order chi connectivity index (χ0) is 23.4. The van der Waals surface area contributed by atoms with E-state index >= 15 is 0 Å². The highest BCUT2D eigenvalue weighted by molar-refractivity contribution is 5.81. The van der Waals surface area contributed by atoms with Crippen LogP contribution in [0.25, 0.3) is 16.9 Å². The first-order valence-corrected chi connectivity index (χ1v) is 11.3. The number of non-ortho nitro benzene ring substituents is 1. The third kappa shape index (κ3) is 5.46. The smallest absolute Gasteiger partial charge is 0.269 e. The Morgan fingerprint density at radius 2 is 1.70 bits per heavy atom. The van der Waals surface area contributed by atoms with Crippen LogP contribution in [0.2, 0.25) is 0 Å². The van der Waals surface area contributed by atoms with Gasteiger partial charge in [-0.05, 0) is 30.2 Å². The van der Waals surface area contributed by atoms with Gasteiger partial charge in [-0.15, -0.1) is 0 Å². The molecule has 1 aliphatic heterocycles. The molecule has 8 nitrogen and oxygen atoms in total. The van der Waals surface area contributed by atoms with Crippen molar-refractivity contribution >= 4 is 11.6 Å². The monoisotopic (exact) mass is 447 g/mol. The lowest BCUT2D eigenvalue weighted by atomic mass is 10.0. The second kappa shape index (κ2) is 9.95. The van der Waals surface area contributed by atoms with E-state index in [4.69, 9.17) is 5.10 Å². The molecule has 8 heteroatoms. The Labute approximate surface area is 193 Å². The van der Waals surface area contributed by atoms with Crippen molar-refractivity contribution in [2.45, 2.75) is 20.3 Å². The molecule has 0 radical (unpaired) electrons. The minimum absolute atomic E-state index is 0.0261. The molecule has 0 saturated carbocycles. The van der Waals surface area contributed by atoms with Crippen molar-refractivity contribution in [1.82, 2.24) is 19.6 Å². The quantitative estimate of drug-likeness (QED) is 0.406. The fourth-order valence-corrected chi connectivity index (χ4v) is 4.21. The Hall–Kier alpha value is -3.52. The Balaban J connectivity index is 1.57. The van der Waals surface area contributed by atoms with Crippen molar-refractivity contribution in [2.24, 2.45) is 5.92 Å². The summed E-state index contributed by atoms with van der Waals surface area (Å²) in [6.07, 6.45) is 2.13. The van der Waals surface area contributed by atoms with E-state index in [9.17, 15) is 14.9 Å². The molecule has 0 atom stereocenters. The van der Waals surface area contributed by atoms with E-state index in [0.717, 1.165) is 49.5 Å². The van der Waals surface area contributed by atoms with Crippen molar-refractivity contribution in [1.29, 1.82) is 0 Å². The van der Waals surface area contributed by atoms with Gasteiger partial charge in [0.05, 0.1) is 22.7 Å². The van der Waals surface area contributed by atoms with E-state index in [1.807, 2.05) is 41.4 Å². The SMILES string of the molecule is CC(C)CN1CCN(C(=O)Cc2cn(-c3ccccc3)nc2-c2ccc([N+](=O)[O-])cc2)CC1. The van der Waals surface area contributed by atoms with Gasteiger partial charge in [0.1, 0.15) is 0 Å². The molecule has 1 saturated heterocycles. The molecule has 33 heavy (non-hydrogen) atoms. The van der Waals surface area contributed by atoms with Crippen LogP contribution in [0.3, 0.4) is 0 Å². The Morgan fingerprint density at radius 1 is 1.03 bits per heavy atom. The summed E-state index contributed by atoms with van der Waals surface area (Å²) in [7, 11) is 0. The van der Waals surface area contributed by atoms with E-state index in [-0.39, 0.29) is 18.0 Å². The van der Waals surface area contributed by atoms with Crippen molar-refractivity contribution in [3.05, 3.63) is 76.5 Å². The first-order valence-electron chi connectivity index (χ1n) is 11.3. The topological polar surface area (TPSA) is 84.5 Å². The van der Waals surface area contributed by atoms with Crippen LogP contribution in [0.5, 0.6) is 0 Å². The number of rotatable bonds is 7. The minimum Gasteiger partial charge on any atom is -0.340 e. The lowest BCUT2D eigenvalue weighted by Crippen LogP contribution is -2.49. The fraction of sp³-hybridized carbons (Fsp3) is 0.360. The Morgan fingerprint density at radius 3 is 2.30 bits per heavy atom. The molecule has 3 aromatic rings. The van der Waals surface area contributed by atoms with Crippen molar-refractivity contribution in [3.8, 4) is 16.9 Å². The van der Waals surface area contributed by atoms with E-state index < -0.39 is 4.92 Å². The number of amides is 1. The number of aromatic nitrogens is 2. The highest BCUT2D eigenvalue weighted by Gasteiger charge is 2.24. The third-order valence-electron chi connectivity index (χ3n) is 5.85. The van der Waals surface area contributed by atoms with Crippen LogP contribution in [-0.4, -0.2) is 63.1 Å². The number of carbonyl (C=O) groups is 1. The van der Waals surface area contributed by atoms with E-state index in [1.54, 1.807) is 16.8 Å². The maximum Gasteiger partial charge on any atom is 0.269 e. The molecule has 1 aliphatic rings. The molecule has 172 valence electrons. The molecule has 2 aromatic carbocycles. The average molecular weight is 448 g/mol. The number of nitrogens with zero attached hydrogens (tertiary/aromatic N) is 5. The number of nitro groups is 1. The van der Waals surface area contributed by atoms with Gasteiger partial charge in [-0.1, -0.05) is 32.0 Å². The molecular formula is C25H29N5O3. The number of nitro benzene ring substituents is 1. The molecule has 0 bridgehead atoms. The second-order valence-corrected chi connectivity index (χ2v) is 8.84. The molecular weight excluding hydrogens is 418 g/mol. The minimum atomic E-state index is -0.421. The molecule has 1 fully saturated rings. The van der Waals surface area contributed by atoms with Crippen LogP contribution >= 0.6 is 0 Å². The summed E-state index contributed by atoms with van der Waals surface area (Å²) in [5.74, 6) is 0.690. The predicted molar refractivity (Wildman–Crippen MR) is 127 cm³/mol. The van der Waals surface area contributed by atoms with Crippen LogP contribution in [0.1, 0.15) is 19.4 Å². The molecule has 1 aromatic heterocycles. The van der Waals surface area contributed by atoms with Gasteiger partial charge in [0.15, 0.2) is 0 Å². The zero-order valence-corrected chi connectivity index (χ0v) is 19.1. The van der Waals surface area contributed by atoms with Crippen LogP contribution in [-0.2, 0) is 11.2 Å². The van der Waals surface area contributed by atoms with Gasteiger partial charge in [-0.2, -0.15) is 5.10 Å². The number of hydrogen-bond donors (Lipinski definition) is 0. The number of benzene rings is 2. The van der Waals surface area contributed by atoms with E-state index in [1.165, 1.54) is 12.1 Å². The maximum absolute atomic E-state index is 13.2. The average Bonchev–Trinajstić information content (AvgIpc) is 3.23. The number of para-hydroxylation sites is 1.